The van der Waals surface area contributed by atoms with Crippen LogP contribution < -0.4 is 0 Å². The van der Waals surface area contributed by atoms with Crippen LogP contribution in [0.3, 0.4) is 0 Å². The number of hydrogen-bond donors (Lipinski definition) is 0. The van der Waals surface area contributed by atoms with Crippen molar-refractivity contribution in [3.63, 3.8) is 0 Å². The van der Waals surface area contributed by atoms with Crippen LogP contribution in [0.15, 0.2) is 30.5 Å². The van der Waals surface area contributed by atoms with E-state index in [1.165, 1.54) is 0 Å². The lowest BCUT2D eigenvalue weighted by Gasteiger charge is -2.02. The molecular formula is C11H9NO. The summed E-state index contributed by atoms with van der Waals surface area (Å²) in [7, 11) is 0. The number of aldehydes is 1. The zero-order chi connectivity index (χ0) is 9.26. The highest BCUT2D eigenvalue weighted by molar-refractivity contribution is 5.97. The number of benzene rings is 1. The first-order chi connectivity index (χ1) is 6.33. The lowest BCUT2D eigenvalue weighted by atomic mass is 10.1. The van der Waals surface area contributed by atoms with Gasteiger partial charge >= 0.3 is 0 Å². The van der Waals surface area contributed by atoms with E-state index in [0.29, 0.717) is 0 Å². The molecule has 1 aromatic carbocycles. The second kappa shape index (κ2) is 2.98. The van der Waals surface area contributed by atoms with Gasteiger partial charge in [0.15, 0.2) is 6.29 Å². The van der Waals surface area contributed by atoms with E-state index in [1.54, 1.807) is 6.20 Å². The van der Waals surface area contributed by atoms with Gasteiger partial charge in [0.1, 0.15) is 0 Å². The third-order valence-corrected chi connectivity index (χ3v) is 2.13. The molecular weight excluding hydrogens is 162 g/mol. The average Bonchev–Trinajstić information content (AvgIpc) is 2.18. The summed E-state index contributed by atoms with van der Waals surface area (Å²) < 4.78 is 0. The summed E-state index contributed by atoms with van der Waals surface area (Å²) >= 11 is 0. The number of aromatic nitrogens is 1. The van der Waals surface area contributed by atoms with Gasteiger partial charge in [-0.2, -0.15) is 0 Å². The Morgan fingerprint density at radius 2 is 2.08 bits per heavy atom. The smallest absolute Gasteiger partial charge is 0.151 e. The largest absolute Gasteiger partial charge is 0.298 e. The van der Waals surface area contributed by atoms with Gasteiger partial charge in [0.05, 0.1) is 5.52 Å². The van der Waals surface area contributed by atoms with Crippen LogP contribution in [0.5, 0.6) is 0 Å². The van der Waals surface area contributed by atoms with E-state index in [-0.39, 0.29) is 0 Å². The van der Waals surface area contributed by atoms with Crippen LogP contribution in [-0.2, 0) is 0 Å². The molecule has 0 aliphatic heterocycles. The van der Waals surface area contributed by atoms with Crippen molar-refractivity contribution in [2.45, 2.75) is 6.92 Å². The molecule has 0 aliphatic rings. The molecule has 1 aromatic heterocycles. The van der Waals surface area contributed by atoms with Gasteiger partial charge in [-0.1, -0.05) is 18.2 Å². The van der Waals surface area contributed by atoms with Crippen molar-refractivity contribution in [3.8, 4) is 0 Å². The quantitative estimate of drug-likeness (QED) is 0.616. The van der Waals surface area contributed by atoms with Gasteiger partial charge in [-0.3, -0.25) is 9.78 Å². The first-order valence-electron chi connectivity index (χ1n) is 4.12. The molecule has 0 radical (unpaired) electrons. The van der Waals surface area contributed by atoms with Crippen molar-refractivity contribution in [1.29, 1.82) is 0 Å². The van der Waals surface area contributed by atoms with E-state index < -0.39 is 0 Å². The van der Waals surface area contributed by atoms with Crippen LogP contribution in [0, 0.1) is 6.92 Å². The standard InChI is InChI=1S/C11H9NO/c1-8-6-12-11-5-3-2-4-9(11)10(8)7-13/h2-7H,1H3. The van der Waals surface area contributed by atoms with Gasteiger partial charge in [-0.15, -0.1) is 0 Å². The minimum atomic E-state index is 0.741. The fourth-order valence-corrected chi connectivity index (χ4v) is 1.42. The average molecular weight is 171 g/mol. The Labute approximate surface area is 76.2 Å². The Morgan fingerprint density at radius 3 is 2.85 bits per heavy atom. The highest BCUT2D eigenvalue weighted by atomic mass is 16.1. The number of rotatable bonds is 1. The molecule has 0 saturated heterocycles. The van der Waals surface area contributed by atoms with Crippen LogP contribution in [0.1, 0.15) is 15.9 Å². The van der Waals surface area contributed by atoms with Crippen molar-refractivity contribution < 1.29 is 4.79 Å². The Hall–Kier alpha value is -1.70. The molecule has 2 heteroatoms. The van der Waals surface area contributed by atoms with Gasteiger partial charge in [0.25, 0.3) is 0 Å². The Balaban J connectivity index is 2.91. The maximum atomic E-state index is 10.8. The van der Waals surface area contributed by atoms with E-state index in [9.17, 15) is 4.79 Å². The van der Waals surface area contributed by atoms with E-state index in [4.69, 9.17) is 0 Å². The molecule has 0 N–H and O–H groups in total. The summed E-state index contributed by atoms with van der Waals surface area (Å²) in [6, 6.07) is 7.65. The fourth-order valence-electron chi connectivity index (χ4n) is 1.42. The van der Waals surface area contributed by atoms with Crippen LogP contribution in [0.25, 0.3) is 10.9 Å². The van der Waals surface area contributed by atoms with Crippen LogP contribution >= 0.6 is 0 Å². The molecule has 13 heavy (non-hydrogen) atoms. The summed E-state index contributed by atoms with van der Waals surface area (Å²) in [5.41, 5.74) is 2.54. The number of nitrogens with zero attached hydrogens (tertiary/aromatic N) is 1. The zero-order valence-corrected chi connectivity index (χ0v) is 7.32. The topological polar surface area (TPSA) is 30.0 Å². The maximum Gasteiger partial charge on any atom is 0.151 e. The molecule has 0 bridgehead atoms. The summed E-state index contributed by atoms with van der Waals surface area (Å²) in [6.07, 6.45) is 2.62. The van der Waals surface area contributed by atoms with Crippen molar-refractivity contribution in [3.05, 3.63) is 41.6 Å². The number of hydrogen-bond acceptors (Lipinski definition) is 2. The number of fused-ring (bicyclic) bond motifs is 1. The summed E-state index contributed by atoms with van der Waals surface area (Å²) in [4.78, 5) is 15.0. The minimum absolute atomic E-state index is 0.741. The fraction of sp³-hybridized carbons (Fsp3) is 0.0909. The summed E-state index contributed by atoms with van der Waals surface area (Å²) in [6.45, 7) is 1.89. The molecule has 0 fully saturated rings. The monoisotopic (exact) mass is 171 g/mol. The van der Waals surface area contributed by atoms with Crippen molar-refractivity contribution in [2.24, 2.45) is 0 Å². The minimum Gasteiger partial charge on any atom is -0.298 e. The lowest BCUT2D eigenvalue weighted by molar-refractivity contribution is 0.112. The van der Waals surface area contributed by atoms with E-state index in [0.717, 1.165) is 28.3 Å². The van der Waals surface area contributed by atoms with Crippen molar-refractivity contribution >= 4 is 17.2 Å². The van der Waals surface area contributed by atoms with Gasteiger partial charge in [-0.25, -0.2) is 0 Å². The third-order valence-electron chi connectivity index (χ3n) is 2.13. The highest BCUT2D eigenvalue weighted by Crippen LogP contribution is 2.17. The molecule has 0 amide bonds. The lowest BCUT2D eigenvalue weighted by Crippen LogP contribution is -1.90. The second-order valence-electron chi connectivity index (χ2n) is 2.99. The van der Waals surface area contributed by atoms with Gasteiger partial charge in [0.2, 0.25) is 0 Å². The highest BCUT2D eigenvalue weighted by Gasteiger charge is 2.02. The van der Waals surface area contributed by atoms with E-state index >= 15 is 0 Å². The predicted molar refractivity (Wildman–Crippen MR) is 51.9 cm³/mol. The van der Waals surface area contributed by atoms with Gasteiger partial charge < -0.3 is 0 Å². The maximum absolute atomic E-state index is 10.8. The molecule has 0 aliphatic carbocycles. The first-order valence-corrected chi connectivity index (χ1v) is 4.12. The second-order valence-corrected chi connectivity index (χ2v) is 2.99. The molecule has 2 nitrogen and oxygen atoms in total. The normalized spacial score (nSPS) is 10.2. The van der Waals surface area contributed by atoms with Crippen LogP contribution in [-0.4, -0.2) is 11.3 Å². The van der Waals surface area contributed by atoms with Crippen molar-refractivity contribution in [2.75, 3.05) is 0 Å². The van der Waals surface area contributed by atoms with Crippen LogP contribution in [0.2, 0.25) is 0 Å². The molecule has 0 atom stereocenters. The summed E-state index contributed by atoms with van der Waals surface area (Å²) in [5, 5.41) is 0.928. The van der Waals surface area contributed by atoms with E-state index in [1.807, 2.05) is 31.2 Å². The molecule has 2 aromatic rings. The summed E-state index contributed by atoms with van der Waals surface area (Å²) in [5.74, 6) is 0. The molecule has 0 unspecified atom stereocenters. The molecule has 2 rings (SSSR count). The Bertz CT molecular complexity index is 463. The Morgan fingerprint density at radius 1 is 1.31 bits per heavy atom. The molecule has 1 heterocycles. The van der Waals surface area contributed by atoms with E-state index in [2.05, 4.69) is 4.98 Å². The molecule has 0 spiro atoms. The van der Waals surface area contributed by atoms with Crippen molar-refractivity contribution in [1.82, 2.24) is 4.98 Å². The number of para-hydroxylation sites is 1. The van der Waals surface area contributed by atoms with Gasteiger partial charge in [-0.05, 0) is 18.6 Å². The number of pyridine rings is 1. The molecule has 0 saturated carbocycles. The number of carbonyl (C=O) groups excluding carboxylic acids is 1. The van der Waals surface area contributed by atoms with Gasteiger partial charge in [0, 0.05) is 17.1 Å². The SMILES string of the molecule is Cc1cnc2ccccc2c1C=O. The first kappa shape index (κ1) is 7.92. The number of aryl methyl sites for hydroxylation is 1. The molecule has 64 valence electrons. The third kappa shape index (κ3) is 1.20. The zero-order valence-electron chi connectivity index (χ0n) is 7.32. The van der Waals surface area contributed by atoms with Crippen LogP contribution in [0.4, 0.5) is 0 Å². The Kier molecular flexibility index (Phi) is 1.81. The predicted octanol–water partition coefficient (Wildman–Crippen LogP) is 2.36. The number of carbonyl (C=O) groups is 1.